The molecule has 0 aliphatic heterocycles. The molecule has 0 aliphatic rings. The molecule has 4 nitrogen and oxygen atoms in total. The molecule has 0 unspecified atom stereocenters. The summed E-state index contributed by atoms with van der Waals surface area (Å²) in [6.07, 6.45) is 0. The molecule has 1 aromatic rings. The zero-order valence-corrected chi connectivity index (χ0v) is 7.73. The van der Waals surface area contributed by atoms with Crippen LogP contribution in [0.2, 0.25) is 0 Å². The molecule has 1 aromatic heterocycles. The number of aromatic amines is 1. The summed E-state index contributed by atoms with van der Waals surface area (Å²) in [6, 6.07) is 0. The van der Waals surface area contributed by atoms with Gasteiger partial charge in [-0.3, -0.25) is 5.10 Å². The summed E-state index contributed by atoms with van der Waals surface area (Å²) in [5.41, 5.74) is 0.111. The number of H-pyrrole nitrogens is 1. The van der Waals surface area contributed by atoms with Gasteiger partial charge in [0.25, 0.3) is 0 Å². The quantitative estimate of drug-likeness (QED) is 0.815. The van der Waals surface area contributed by atoms with Crippen LogP contribution in [-0.4, -0.2) is 21.3 Å². The lowest BCUT2D eigenvalue weighted by Crippen LogP contribution is -1.95. The lowest BCUT2D eigenvalue weighted by molar-refractivity contribution is 0.0695. The molecule has 0 fully saturated rings. The van der Waals surface area contributed by atoms with Crippen molar-refractivity contribution in [3.05, 3.63) is 14.8 Å². The molecule has 1 rings (SSSR count). The third-order valence-corrected chi connectivity index (χ3v) is 2.04. The number of carboxylic acids is 1. The second-order valence-electron chi connectivity index (χ2n) is 1.51. The zero-order valence-electron chi connectivity index (χ0n) is 4.56. The number of carboxylic acid groups (broad SMARTS) is 1. The Labute approximate surface area is 72.9 Å². The number of rotatable bonds is 1. The first-order valence-electron chi connectivity index (χ1n) is 2.25. The van der Waals surface area contributed by atoms with Gasteiger partial charge in [0.1, 0.15) is 14.8 Å². The van der Waals surface area contributed by atoms with E-state index < -0.39 is 5.97 Å². The third kappa shape index (κ3) is 1.22. The molecule has 2 N–H and O–H groups in total. The highest BCUT2D eigenvalue weighted by Gasteiger charge is 2.15. The minimum Gasteiger partial charge on any atom is -0.477 e. The Hall–Kier alpha value is -0.360. The standard InChI is InChI=1S/C4H2Br2N2O2/c5-2-1(4(9)10)3(6)8-7-2/h(H,7,8)(H,9,10). The lowest BCUT2D eigenvalue weighted by atomic mass is 10.4. The predicted molar refractivity (Wildman–Crippen MR) is 40.9 cm³/mol. The average molecular weight is 270 g/mol. The van der Waals surface area contributed by atoms with E-state index in [0.717, 1.165) is 0 Å². The van der Waals surface area contributed by atoms with Crippen molar-refractivity contribution in [2.75, 3.05) is 0 Å². The molecular weight excluding hydrogens is 268 g/mol. The fourth-order valence-corrected chi connectivity index (χ4v) is 1.65. The Morgan fingerprint density at radius 2 is 2.20 bits per heavy atom. The van der Waals surface area contributed by atoms with Crippen LogP contribution in [0.25, 0.3) is 0 Å². The molecule has 0 radical (unpaired) electrons. The number of nitrogens with one attached hydrogen (secondary N) is 1. The van der Waals surface area contributed by atoms with E-state index in [0.29, 0.717) is 9.21 Å². The van der Waals surface area contributed by atoms with Crippen LogP contribution in [0.4, 0.5) is 0 Å². The first-order valence-corrected chi connectivity index (χ1v) is 3.84. The summed E-state index contributed by atoms with van der Waals surface area (Å²) in [5, 5.41) is 14.6. The lowest BCUT2D eigenvalue weighted by Gasteiger charge is -1.86. The van der Waals surface area contributed by atoms with Gasteiger partial charge in [-0.15, -0.1) is 0 Å². The predicted octanol–water partition coefficient (Wildman–Crippen LogP) is 1.63. The van der Waals surface area contributed by atoms with Gasteiger partial charge < -0.3 is 5.11 Å². The highest BCUT2D eigenvalue weighted by molar-refractivity contribution is 9.11. The molecule has 0 bridgehead atoms. The van der Waals surface area contributed by atoms with Crippen molar-refractivity contribution >= 4 is 37.8 Å². The molecule has 54 valence electrons. The first kappa shape index (κ1) is 7.74. The Kier molecular flexibility index (Phi) is 2.10. The normalized spacial score (nSPS) is 9.80. The van der Waals surface area contributed by atoms with E-state index in [1.54, 1.807) is 0 Å². The SMILES string of the molecule is O=C(O)c1c(Br)n[nH]c1Br. The van der Waals surface area contributed by atoms with Gasteiger partial charge in [-0.1, -0.05) is 0 Å². The number of hydrogen-bond donors (Lipinski definition) is 2. The van der Waals surface area contributed by atoms with Crippen LogP contribution in [-0.2, 0) is 0 Å². The van der Waals surface area contributed by atoms with E-state index in [4.69, 9.17) is 5.11 Å². The maximum absolute atomic E-state index is 10.4. The van der Waals surface area contributed by atoms with Gasteiger partial charge >= 0.3 is 5.97 Å². The van der Waals surface area contributed by atoms with Crippen LogP contribution < -0.4 is 0 Å². The van der Waals surface area contributed by atoms with Gasteiger partial charge in [0.15, 0.2) is 0 Å². The van der Waals surface area contributed by atoms with E-state index in [1.807, 2.05) is 0 Å². The maximum Gasteiger partial charge on any atom is 0.341 e. The topological polar surface area (TPSA) is 66.0 Å². The molecule has 1 heterocycles. The highest BCUT2D eigenvalue weighted by Crippen LogP contribution is 2.21. The van der Waals surface area contributed by atoms with Gasteiger partial charge in [0.05, 0.1) is 0 Å². The number of aromatic nitrogens is 2. The van der Waals surface area contributed by atoms with Gasteiger partial charge in [0, 0.05) is 0 Å². The molecule has 10 heavy (non-hydrogen) atoms. The van der Waals surface area contributed by atoms with Crippen molar-refractivity contribution in [2.24, 2.45) is 0 Å². The van der Waals surface area contributed by atoms with Gasteiger partial charge in [-0.25, -0.2) is 4.79 Å². The van der Waals surface area contributed by atoms with Crippen molar-refractivity contribution < 1.29 is 9.90 Å². The third-order valence-electron chi connectivity index (χ3n) is 0.892. The minimum absolute atomic E-state index is 0.111. The van der Waals surface area contributed by atoms with Crippen LogP contribution in [0.15, 0.2) is 9.21 Å². The van der Waals surface area contributed by atoms with Crippen LogP contribution in [0, 0.1) is 0 Å². The summed E-state index contributed by atoms with van der Waals surface area (Å²) < 4.78 is 0.666. The van der Waals surface area contributed by atoms with Gasteiger partial charge in [0.2, 0.25) is 0 Å². The van der Waals surface area contributed by atoms with Gasteiger partial charge in [-0.05, 0) is 31.9 Å². The molecule has 0 aliphatic carbocycles. The van der Waals surface area contributed by atoms with Crippen LogP contribution in [0.5, 0.6) is 0 Å². The number of nitrogens with zero attached hydrogens (tertiary/aromatic N) is 1. The number of aromatic carboxylic acids is 1. The van der Waals surface area contributed by atoms with Crippen molar-refractivity contribution in [3.63, 3.8) is 0 Å². The van der Waals surface area contributed by atoms with E-state index in [1.165, 1.54) is 0 Å². The van der Waals surface area contributed by atoms with Crippen molar-refractivity contribution in [3.8, 4) is 0 Å². The minimum atomic E-state index is -1.02. The molecule has 0 atom stereocenters. The summed E-state index contributed by atoms with van der Waals surface area (Å²) in [4.78, 5) is 10.4. The van der Waals surface area contributed by atoms with Crippen molar-refractivity contribution in [1.82, 2.24) is 10.2 Å². The van der Waals surface area contributed by atoms with E-state index in [-0.39, 0.29) is 5.56 Å². The summed E-state index contributed by atoms with van der Waals surface area (Å²) in [5.74, 6) is -1.02. The number of carbonyl (C=O) groups is 1. The molecule has 0 amide bonds. The Balaban J connectivity index is 3.23. The number of halogens is 2. The molecule has 6 heteroatoms. The Bertz CT molecular complexity index is 251. The fourth-order valence-electron chi connectivity index (χ4n) is 0.483. The fraction of sp³-hybridized carbons (Fsp3) is 0. The van der Waals surface area contributed by atoms with Crippen LogP contribution in [0.1, 0.15) is 10.4 Å². The molecule has 0 spiro atoms. The second kappa shape index (κ2) is 2.71. The summed E-state index contributed by atoms with van der Waals surface area (Å²) in [7, 11) is 0. The highest BCUT2D eigenvalue weighted by atomic mass is 79.9. The Morgan fingerprint density at radius 3 is 2.40 bits per heavy atom. The smallest absolute Gasteiger partial charge is 0.341 e. The Morgan fingerprint density at radius 1 is 1.60 bits per heavy atom. The molecule has 0 saturated heterocycles. The maximum atomic E-state index is 10.4. The van der Waals surface area contributed by atoms with E-state index in [2.05, 4.69) is 42.1 Å². The summed E-state index contributed by atoms with van der Waals surface area (Å²) in [6.45, 7) is 0. The largest absolute Gasteiger partial charge is 0.477 e. The van der Waals surface area contributed by atoms with Crippen molar-refractivity contribution in [2.45, 2.75) is 0 Å². The molecule has 0 aromatic carbocycles. The molecular formula is C4H2Br2N2O2. The first-order chi connectivity index (χ1) is 4.63. The van der Waals surface area contributed by atoms with E-state index in [9.17, 15) is 4.79 Å². The second-order valence-corrected chi connectivity index (χ2v) is 3.05. The van der Waals surface area contributed by atoms with E-state index >= 15 is 0 Å². The van der Waals surface area contributed by atoms with Gasteiger partial charge in [-0.2, -0.15) is 5.10 Å². The zero-order chi connectivity index (χ0) is 7.72. The number of hydrogen-bond acceptors (Lipinski definition) is 2. The van der Waals surface area contributed by atoms with Crippen LogP contribution in [0.3, 0.4) is 0 Å². The average Bonchev–Trinajstić information content (AvgIpc) is 2.11. The monoisotopic (exact) mass is 268 g/mol. The van der Waals surface area contributed by atoms with Crippen molar-refractivity contribution in [1.29, 1.82) is 0 Å². The van der Waals surface area contributed by atoms with Crippen LogP contribution >= 0.6 is 31.9 Å². The molecule has 0 saturated carbocycles. The summed E-state index contributed by atoms with van der Waals surface area (Å²) >= 11 is 5.95.